The molecule has 0 saturated heterocycles. The van der Waals surface area contributed by atoms with Gasteiger partial charge in [0.2, 0.25) is 0 Å². The fourth-order valence-corrected chi connectivity index (χ4v) is 7.77. The van der Waals surface area contributed by atoms with Gasteiger partial charge in [-0.2, -0.15) is 0 Å². The van der Waals surface area contributed by atoms with Gasteiger partial charge in [0.25, 0.3) is 0 Å². The van der Waals surface area contributed by atoms with Crippen molar-refractivity contribution in [2.24, 2.45) is 46.8 Å². The van der Waals surface area contributed by atoms with Crippen LogP contribution in [0.5, 0.6) is 0 Å². The van der Waals surface area contributed by atoms with Crippen molar-refractivity contribution < 1.29 is 9.53 Å². The lowest BCUT2D eigenvalue weighted by molar-refractivity contribution is -0.176. The molecule has 0 N–H and O–H groups in total. The smallest absolute Gasteiger partial charge is 0.313 e. The lowest BCUT2D eigenvalue weighted by atomic mass is 9.59. The Hall–Kier alpha value is -0.790. The topological polar surface area (TPSA) is 26.3 Å². The highest BCUT2D eigenvalue weighted by atomic mass is 16.6. The van der Waals surface area contributed by atoms with Crippen molar-refractivity contribution in [2.45, 2.75) is 85.2 Å². The highest BCUT2D eigenvalue weighted by Gasteiger charge is 2.69. The fraction of sp³-hybridized carbons (Fsp3) is 0.875. The van der Waals surface area contributed by atoms with Gasteiger partial charge >= 0.3 is 5.97 Å². The van der Waals surface area contributed by atoms with Gasteiger partial charge in [0, 0.05) is 0 Å². The van der Waals surface area contributed by atoms with E-state index in [1.165, 1.54) is 25.7 Å². The van der Waals surface area contributed by atoms with Crippen molar-refractivity contribution in [1.29, 1.82) is 0 Å². The van der Waals surface area contributed by atoms with Crippen molar-refractivity contribution >= 4 is 5.97 Å². The first-order chi connectivity index (χ1) is 12.3. The molecule has 3 saturated carbocycles. The minimum atomic E-state index is -0.384. The van der Waals surface area contributed by atoms with E-state index in [2.05, 4.69) is 46.8 Å². The van der Waals surface area contributed by atoms with Gasteiger partial charge in [0.15, 0.2) is 0 Å². The van der Waals surface area contributed by atoms with Crippen LogP contribution in [0, 0.1) is 46.8 Å². The number of rotatable bonds is 4. The molecule has 0 aromatic heterocycles. The van der Waals surface area contributed by atoms with Crippen molar-refractivity contribution in [3.05, 3.63) is 12.2 Å². The summed E-state index contributed by atoms with van der Waals surface area (Å²) in [5.41, 5.74) is -0.665. The van der Waals surface area contributed by atoms with E-state index < -0.39 is 0 Å². The second-order valence-electron chi connectivity index (χ2n) is 10.5. The first kappa shape index (κ1) is 18.6. The summed E-state index contributed by atoms with van der Waals surface area (Å²) >= 11 is 0. The van der Waals surface area contributed by atoms with E-state index in [9.17, 15) is 4.79 Å². The Kier molecular flexibility index (Phi) is 4.56. The molecular weight excluding hydrogens is 320 g/mol. The molecule has 3 fully saturated rings. The van der Waals surface area contributed by atoms with E-state index in [1.54, 1.807) is 0 Å². The summed E-state index contributed by atoms with van der Waals surface area (Å²) in [5, 5.41) is 0. The van der Waals surface area contributed by atoms with Crippen molar-refractivity contribution in [3.8, 4) is 0 Å². The van der Waals surface area contributed by atoms with Crippen LogP contribution < -0.4 is 0 Å². The average Bonchev–Trinajstić information content (AvgIpc) is 3.21. The molecular formula is C24H38O2. The molecule has 9 unspecified atom stereocenters. The van der Waals surface area contributed by atoms with Gasteiger partial charge in [0.1, 0.15) is 5.60 Å². The predicted molar refractivity (Wildman–Crippen MR) is 106 cm³/mol. The zero-order valence-electron chi connectivity index (χ0n) is 17.5. The molecule has 2 heteroatoms. The largest absolute Gasteiger partial charge is 0.455 e. The summed E-state index contributed by atoms with van der Waals surface area (Å²) in [6.45, 7) is 11.5. The van der Waals surface area contributed by atoms with Gasteiger partial charge in [-0.1, -0.05) is 39.7 Å². The lowest BCUT2D eigenvalue weighted by Crippen LogP contribution is -2.49. The third kappa shape index (κ3) is 2.53. The highest BCUT2D eigenvalue weighted by molar-refractivity contribution is 5.79. The normalized spacial score (nSPS) is 52.3. The van der Waals surface area contributed by atoms with Gasteiger partial charge < -0.3 is 4.74 Å². The molecule has 4 aliphatic carbocycles. The van der Waals surface area contributed by atoms with Gasteiger partial charge in [-0.3, -0.25) is 4.79 Å². The van der Waals surface area contributed by atoms with Gasteiger partial charge in [-0.05, 0) is 93.5 Å². The molecule has 2 bridgehead atoms. The third-order valence-electron chi connectivity index (χ3n) is 9.10. The number of carbonyl (C=O) groups is 1. The van der Waals surface area contributed by atoms with Crippen molar-refractivity contribution in [3.63, 3.8) is 0 Å². The number of hydrogen-bond acceptors (Lipinski definition) is 2. The Morgan fingerprint density at radius 1 is 1.19 bits per heavy atom. The van der Waals surface area contributed by atoms with Crippen molar-refractivity contribution in [2.75, 3.05) is 0 Å². The summed E-state index contributed by atoms with van der Waals surface area (Å²) in [6.07, 6.45) is 12.8. The molecule has 9 atom stereocenters. The third-order valence-corrected chi connectivity index (χ3v) is 9.10. The Labute approximate surface area is 160 Å². The van der Waals surface area contributed by atoms with Gasteiger partial charge in [-0.15, -0.1) is 0 Å². The Morgan fingerprint density at radius 3 is 2.62 bits per heavy atom. The molecule has 146 valence electrons. The van der Waals surface area contributed by atoms with Crippen molar-refractivity contribution in [1.82, 2.24) is 0 Å². The maximum absolute atomic E-state index is 13.5. The number of allylic oxidation sites excluding steroid dienone is 1. The van der Waals surface area contributed by atoms with Crippen LogP contribution in [0.3, 0.4) is 0 Å². The number of hydrogen-bond donors (Lipinski definition) is 0. The van der Waals surface area contributed by atoms with Crippen LogP contribution in [0.15, 0.2) is 12.2 Å². The minimum Gasteiger partial charge on any atom is -0.455 e. The number of carbonyl (C=O) groups excluding carboxylic acids is 1. The van der Waals surface area contributed by atoms with Crippen LogP contribution in [-0.4, -0.2) is 11.6 Å². The SMILES string of the molecule is CCCC1CC(C)C2C3CC(C12)C(C)(C(=O)OC1(C)C=CCCC1)C3C. The van der Waals surface area contributed by atoms with Crippen LogP contribution in [0.4, 0.5) is 0 Å². The van der Waals surface area contributed by atoms with Crippen LogP contribution in [0.2, 0.25) is 0 Å². The second-order valence-corrected chi connectivity index (χ2v) is 10.5. The Bertz CT molecular complexity index is 595. The fourth-order valence-electron chi connectivity index (χ4n) is 7.77. The molecule has 0 aliphatic heterocycles. The van der Waals surface area contributed by atoms with E-state index >= 15 is 0 Å². The molecule has 0 radical (unpaired) electrons. The second kappa shape index (κ2) is 6.38. The van der Waals surface area contributed by atoms with Gasteiger partial charge in [0.05, 0.1) is 5.41 Å². The molecule has 0 amide bonds. The van der Waals surface area contributed by atoms with Crippen LogP contribution in [0.25, 0.3) is 0 Å². The van der Waals surface area contributed by atoms with E-state index in [0.717, 1.165) is 48.9 Å². The van der Waals surface area contributed by atoms with Crippen LogP contribution >= 0.6 is 0 Å². The molecule has 4 rings (SSSR count). The average molecular weight is 359 g/mol. The first-order valence-electron chi connectivity index (χ1n) is 11.2. The lowest BCUT2D eigenvalue weighted by Gasteiger charge is -2.46. The summed E-state index contributed by atoms with van der Waals surface area (Å²) in [7, 11) is 0. The van der Waals surface area contributed by atoms with Crippen LogP contribution in [0.1, 0.15) is 79.6 Å². The zero-order valence-corrected chi connectivity index (χ0v) is 17.5. The zero-order chi connectivity index (χ0) is 18.7. The van der Waals surface area contributed by atoms with E-state index in [0.29, 0.717) is 11.8 Å². The quantitative estimate of drug-likeness (QED) is 0.454. The van der Waals surface area contributed by atoms with Crippen LogP contribution in [-0.2, 0) is 9.53 Å². The number of fused-ring (bicyclic) bond motifs is 5. The molecule has 26 heavy (non-hydrogen) atoms. The summed E-state index contributed by atoms with van der Waals surface area (Å²) in [4.78, 5) is 13.5. The minimum absolute atomic E-state index is 0.0970. The monoisotopic (exact) mass is 358 g/mol. The maximum Gasteiger partial charge on any atom is 0.313 e. The van der Waals surface area contributed by atoms with E-state index in [-0.39, 0.29) is 17.0 Å². The summed E-state index contributed by atoms with van der Waals surface area (Å²) < 4.78 is 6.23. The standard InChI is InChI=1S/C24H38O2/c1-6-10-17-13-15(2)20-18-14-19(21(17)20)24(5,16(18)3)22(25)26-23(4)11-8-7-9-12-23/h8,11,15-21H,6-7,9-10,12-14H2,1-5H3. The highest BCUT2D eigenvalue weighted by Crippen LogP contribution is 2.71. The van der Waals surface area contributed by atoms with Gasteiger partial charge in [-0.25, -0.2) is 0 Å². The first-order valence-corrected chi connectivity index (χ1v) is 11.2. The Balaban J connectivity index is 1.59. The molecule has 0 heterocycles. The predicted octanol–water partition coefficient (Wildman–Crippen LogP) is 6.01. The molecule has 2 nitrogen and oxygen atoms in total. The number of esters is 1. The summed E-state index contributed by atoms with van der Waals surface area (Å²) in [5.74, 6) is 5.12. The molecule has 0 aromatic rings. The van der Waals surface area contributed by atoms with E-state index in [4.69, 9.17) is 4.74 Å². The summed E-state index contributed by atoms with van der Waals surface area (Å²) in [6, 6.07) is 0. The molecule has 4 aliphatic rings. The Morgan fingerprint density at radius 2 is 1.96 bits per heavy atom. The maximum atomic E-state index is 13.5. The van der Waals surface area contributed by atoms with E-state index in [1.807, 2.05) is 0 Å². The number of ether oxygens (including phenoxy) is 1. The molecule has 0 aromatic carbocycles. The molecule has 0 spiro atoms.